The highest BCUT2D eigenvalue weighted by Gasteiger charge is 2.37. The number of hydrogen-bond acceptors (Lipinski definition) is 2. The topological polar surface area (TPSA) is 33.1 Å². The fourth-order valence-corrected chi connectivity index (χ4v) is 3.06. The molecule has 22 heavy (non-hydrogen) atoms. The summed E-state index contributed by atoms with van der Waals surface area (Å²) in [5.74, 6) is 0. The molecule has 2 aromatic carbocycles. The van der Waals surface area contributed by atoms with Crippen LogP contribution in [0.4, 0.5) is 0 Å². The molecule has 0 amide bonds. The van der Waals surface area contributed by atoms with Crippen LogP contribution in [-0.4, -0.2) is 10.1 Å². The van der Waals surface area contributed by atoms with Crippen LogP contribution in [0.1, 0.15) is 27.9 Å². The molecule has 1 aromatic heterocycles. The second-order valence-electron chi connectivity index (χ2n) is 5.56. The second-order valence-corrected chi connectivity index (χ2v) is 5.56. The van der Waals surface area contributed by atoms with E-state index in [0.717, 1.165) is 22.3 Å². The second kappa shape index (κ2) is 5.74. The monoisotopic (exact) mass is 289 g/mol. The van der Waals surface area contributed by atoms with Crippen LogP contribution in [0.2, 0.25) is 0 Å². The summed E-state index contributed by atoms with van der Waals surface area (Å²) in [6.45, 7) is 4.05. The summed E-state index contributed by atoms with van der Waals surface area (Å²) in [5, 5.41) is 11.7. The van der Waals surface area contributed by atoms with E-state index >= 15 is 0 Å². The first kappa shape index (κ1) is 14.5. The van der Waals surface area contributed by atoms with Gasteiger partial charge in [0.1, 0.15) is 0 Å². The predicted molar refractivity (Wildman–Crippen MR) is 88.7 cm³/mol. The van der Waals surface area contributed by atoms with E-state index in [1.807, 2.05) is 80.6 Å². The van der Waals surface area contributed by atoms with Gasteiger partial charge in [0.15, 0.2) is 5.60 Å². The SMILES string of the molecule is Cc1cccc(C)c1C(O)(c1ccccc1)c1ccccn1. The molecule has 0 aliphatic rings. The first-order valence-electron chi connectivity index (χ1n) is 7.40. The number of aliphatic hydroxyl groups is 1. The molecule has 1 N–H and O–H groups in total. The lowest BCUT2D eigenvalue weighted by Crippen LogP contribution is -2.31. The Bertz CT molecular complexity index is 706. The van der Waals surface area contributed by atoms with Crippen LogP contribution < -0.4 is 0 Å². The van der Waals surface area contributed by atoms with E-state index < -0.39 is 5.60 Å². The van der Waals surface area contributed by atoms with Gasteiger partial charge in [0.25, 0.3) is 0 Å². The number of rotatable bonds is 3. The van der Waals surface area contributed by atoms with E-state index in [9.17, 15) is 5.11 Å². The number of aryl methyl sites for hydroxylation is 2. The van der Waals surface area contributed by atoms with Gasteiger partial charge in [-0.1, -0.05) is 54.6 Å². The lowest BCUT2D eigenvalue weighted by molar-refractivity contribution is 0.119. The van der Waals surface area contributed by atoms with Crippen molar-refractivity contribution >= 4 is 0 Å². The van der Waals surface area contributed by atoms with Crippen molar-refractivity contribution in [3.8, 4) is 0 Å². The van der Waals surface area contributed by atoms with Gasteiger partial charge in [-0.15, -0.1) is 0 Å². The molecule has 110 valence electrons. The highest BCUT2D eigenvalue weighted by molar-refractivity contribution is 5.50. The van der Waals surface area contributed by atoms with Gasteiger partial charge in [0.05, 0.1) is 5.69 Å². The fourth-order valence-electron chi connectivity index (χ4n) is 3.06. The van der Waals surface area contributed by atoms with Crippen molar-refractivity contribution in [2.75, 3.05) is 0 Å². The Hall–Kier alpha value is -2.45. The Morgan fingerprint density at radius 1 is 0.773 bits per heavy atom. The zero-order valence-electron chi connectivity index (χ0n) is 12.8. The standard InChI is InChI=1S/C20H19NO/c1-15-9-8-10-16(2)19(15)20(22,17-11-4-3-5-12-17)18-13-6-7-14-21-18/h3-14,22H,1-2H3. The maximum atomic E-state index is 11.7. The summed E-state index contributed by atoms with van der Waals surface area (Å²) >= 11 is 0. The van der Waals surface area contributed by atoms with Crippen molar-refractivity contribution in [2.24, 2.45) is 0 Å². The van der Waals surface area contributed by atoms with Gasteiger partial charge in [-0.2, -0.15) is 0 Å². The maximum Gasteiger partial charge on any atom is 0.157 e. The first-order valence-corrected chi connectivity index (χ1v) is 7.40. The summed E-state index contributed by atoms with van der Waals surface area (Å²) in [7, 11) is 0. The van der Waals surface area contributed by atoms with Crippen LogP contribution in [0.15, 0.2) is 72.9 Å². The van der Waals surface area contributed by atoms with E-state index in [0.29, 0.717) is 5.69 Å². The van der Waals surface area contributed by atoms with E-state index in [2.05, 4.69) is 4.98 Å². The van der Waals surface area contributed by atoms with Crippen LogP contribution in [0.5, 0.6) is 0 Å². The molecule has 0 radical (unpaired) electrons. The van der Waals surface area contributed by atoms with Crippen LogP contribution in [-0.2, 0) is 5.60 Å². The largest absolute Gasteiger partial charge is 0.374 e. The average molecular weight is 289 g/mol. The highest BCUT2D eigenvalue weighted by atomic mass is 16.3. The van der Waals surface area contributed by atoms with Gasteiger partial charge in [0.2, 0.25) is 0 Å². The number of aromatic nitrogens is 1. The Kier molecular flexibility index (Phi) is 3.78. The Morgan fingerprint density at radius 3 is 2.00 bits per heavy atom. The molecule has 0 fully saturated rings. The smallest absolute Gasteiger partial charge is 0.157 e. The van der Waals surface area contributed by atoms with E-state index in [4.69, 9.17) is 0 Å². The van der Waals surface area contributed by atoms with Gasteiger partial charge in [-0.3, -0.25) is 4.98 Å². The average Bonchev–Trinajstić information content (AvgIpc) is 2.56. The van der Waals surface area contributed by atoms with E-state index in [-0.39, 0.29) is 0 Å². The summed E-state index contributed by atoms with van der Waals surface area (Å²) in [6.07, 6.45) is 1.72. The Labute approximate surface area is 131 Å². The minimum absolute atomic E-state index is 0.638. The number of benzene rings is 2. The van der Waals surface area contributed by atoms with E-state index in [1.54, 1.807) is 6.20 Å². The quantitative estimate of drug-likeness (QED) is 0.791. The highest BCUT2D eigenvalue weighted by Crippen LogP contribution is 2.38. The van der Waals surface area contributed by atoms with Crippen molar-refractivity contribution < 1.29 is 5.11 Å². The maximum absolute atomic E-state index is 11.7. The molecule has 0 spiro atoms. The zero-order valence-corrected chi connectivity index (χ0v) is 12.8. The predicted octanol–water partition coefficient (Wildman–Crippen LogP) is 3.98. The number of hydrogen-bond donors (Lipinski definition) is 1. The van der Waals surface area contributed by atoms with Crippen molar-refractivity contribution in [1.29, 1.82) is 0 Å². The molecule has 2 nitrogen and oxygen atoms in total. The van der Waals surface area contributed by atoms with Crippen molar-refractivity contribution in [1.82, 2.24) is 4.98 Å². The van der Waals surface area contributed by atoms with Crippen LogP contribution in [0.3, 0.4) is 0 Å². The van der Waals surface area contributed by atoms with Gasteiger partial charge >= 0.3 is 0 Å². The molecule has 0 bridgehead atoms. The molecule has 0 aliphatic heterocycles. The van der Waals surface area contributed by atoms with Crippen LogP contribution in [0.25, 0.3) is 0 Å². The Balaban J connectivity index is 2.34. The van der Waals surface area contributed by atoms with Crippen LogP contribution in [0, 0.1) is 13.8 Å². The zero-order chi connectivity index (χ0) is 15.6. The molecule has 0 saturated heterocycles. The molecule has 1 atom stereocenters. The third-order valence-electron chi connectivity index (χ3n) is 4.07. The summed E-state index contributed by atoms with van der Waals surface area (Å²) in [6, 6.07) is 21.4. The van der Waals surface area contributed by atoms with E-state index in [1.165, 1.54) is 0 Å². The third-order valence-corrected chi connectivity index (χ3v) is 4.07. The molecular weight excluding hydrogens is 270 g/mol. The molecule has 3 aromatic rings. The van der Waals surface area contributed by atoms with Crippen molar-refractivity contribution in [3.05, 3.63) is 101 Å². The first-order chi connectivity index (χ1) is 10.6. The Morgan fingerprint density at radius 2 is 1.41 bits per heavy atom. The molecule has 0 aliphatic carbocycles. The van der Waals surface area contributed by atoms with Gasteiger partial charge in [-0.25, -0.2) is 0 Å². The molecule has 3 rings (SSSR count). The van der Waals surface area contributed by atoms with Gasteiger partial charge in [0, 0.05) is 6.20 Å². The molecule has 1 unspecified atom stereocenters. The fraction of sp³-hybridized carbons (Fsp3) is 0.150. The summed E-state index contributed by atoms with van der Waals surface area (Å²) in [5.41, 5.74) is 3.22. The number of pyridine rings is 1. The normalized spacial score (nSPS) is 13.6. The van der Waals surface area contributed by atoms with Crippen LogP contribution >= 0.6 is 0 Å². The lowest BCUT2D eigenvalue weighted by Gasteiger charge is -2.31. The number of nitrogens with zero attached hydrogens (tertiary/aromatic N) is 1. The summed E-state index contributed by atoms with van der Waals surface area (Å²) < 4.78 is 0. The van der Waals surface area contributed by atoms with Crippen molar-refractivity contribution in [2.45, 2.75) is 19.4 Å². The third kappa shape index (κ3) is 2.32. The minimum Gasteiger partial charge on any atom is -0.374 e. The molecule has 1 heterocycles. The molecular formula is C20H19NO. The van der Waals surface area contributed by atoms with Gasteiger partial charge in [-0.05, 0) is 48.2 Å². The summed E-state index contributed by atoms with van der Waals surface area (Å²) in [4.78, 5) is 4.44. The minimum atomic E-state index is -1.25. The molecule has 2 heteroatoms. The van der Waals surface area contributed by atoms with Crippen molar-refractivity contribution in [3.63, 3.8) is 0 Å². The van der Waals surface area contributed by atoms with Gasteiger partial charge < -0.3 is 5.11 Å². The molecule has 0 saturated carbocycles. The lowest BCUT2D eigenvalue weighted by atomic mass is 9.79.